The molecule has 4 rings (SSSR count). The Balaban J connectivity index is 1.68. The minimum atomic E-state index is -0.681. The van der Waals surface area contributed by atoms with Crippen molar-refractivity contribution in [3.63, 3.8) is 0 Å². The van der Waals surface area contributed by atoms with Gasteiger partial charge in [-0.25, -0.2) is 9.78 Å². The average Bonchev–Trinajstić information content (AvgIpc) is 3.26. The number of esters is 1. The second kappa shape index (κ2) is 8.92. The molecular formula is C21H20N4O7. The summed E-state index contributed by atoms with van der Waals surface area (Å²) in [4.78, 5) is 54.1. The second-order valence-corrected chi connectivity index (χ2v) is 6.90. The summed E-state index contributed by atoms with van der Waals surface area (Å²) in [6, 6.07) is 8.21. The predicted octanol–water partition coefficient (Wildman–Crippen LogP) is 0.0145. The third-order valence-corrected chi connectivity index (χ3v) is 4.80. The van der Waals surface area contributed by atoms with Gasteiger partial charge >= 0.3 is 11.7 Å². The minimum absolute atomic E-state index is 0.0473. The van der Waals surface area contributed by atoms with Crippen LogP contribution in [0.1, 0.15) is 12.5 Å². The molecule has 3 aromatic rings. The summed E-state index contributed by atoms with van der Waals surface area (Å²) >= 11 is 0. The van der Waals surface area contributed by atoms with Gasteiger partial charge in [-0.2, -0.15) is 0 Å². The predicted molar refractivity (Wildman–Crippen MR) is 112 cm³/mol. The number of amides is 1. The Morgan fingerprint density at radius 1 is 1.16 bits per heavy atom. The van der Waals surface area contributed by atoms with E-state index in [1.165, 1.54) is 12.3 Å². The molecule has 0 radical (unpaired) electrons. The Labute approximate surface area is 181 Å². The molecule has 0 saturated carbocycles. The fourth-order valence-corrected chi connectivity index (χ4v) is 3.34. The standard InChI is InChI=1S/C21H20N4O7/c1-2-30-18(27)9-23-17(26)11-24-14-4-3-7-22-19(14)20(28)25(21(24)29)10-13-5-6-15-16(8-13)32-12-31-15/h3-8H,2,9-12H2,1H3,(H,23,26). The maximum atomic E-state index is 13.2. The highest BCUT2D eigenvalue weighted by Gasteiger charge is 2.18. The van der Waals surface area contributed by atoms with Crippen molar-refractivity contribution < 1.29 is 23.8 Å². The van der Waals surface area contributed by atoms with Gasteiger partial charge in [-0.05, 0) is 36.8 Å². The van der Waals surface area contributed by atoms with Gasteiger partial charge in [0.05, 0.1) is 18.7 Å². The lowest BCUT2D eigenvalue weighted by Crippen LogP contribution is -2.43. The van der Waals surface area contributed by atoms with Crippen LogP contribution in [-0.4, -0.2) is 45.9 Å². The molecule has 1 amide bonds. The molecule has 11 nitrogen and oxygen atoms in total. The first-order valence-electron chi connectivity index (χ1n) is 9.87. The van der Waals surface area contributed by atoms with Crippen LogP contribution in [0.4, 0.5) is 0 Å². The molecule has 0 bridgehead atoms. The van der Waals surface area contributed by atoms with Gasteiger partial charge in [-0.15, -0.1) is 0 Å². The zero-order chi connectivity index (χ0) is 22.7. The molecule has 0 fully saturated rings. The van der Waals surface area contributed by atoms with Crippen LogP contribution in [0.5, 0.6) is 11.5 Å². The van der Waals surface area contributed by atoms with E-state index >= 15 is 0 Å². The molecule has 166 valence electrons. The van der Waals surface area contributed by atoms with Gasteiger partial charge in [0.2, 0.25) is 12.7 Å². The summed E-state index contributed by atoms with van der Waals surface area (Å²) in [6.45, 7) is 1.17. The maximum Gasteiger partial charge on any atom is 0.332 e. The van der Waals surface area contributed by atoms with E-state index in [0.29, 0.717) is 17.1 Å². The van der Waals surface area contributed by atoms with E-state index in [-0.39, 0.29) is 37.5 Å². The lowest BCUT2D eigenvalue weighted by molar-refractivity contribution is -0.143. The number of benzene rings is 1. The number of carbonyl (C=O) groups is 2. The smallest absolute Gasteiger partial charge is 0.332 e. The number of rotatable bonds is 7. The van der Waals surface area contributed by atoms with E-state index in [4.69, 9.17) is 14.2 Å². The number of nitrogens with one attached hydrogen (secondary N) is 1. The number of nitrogens with zero attached hydrogens (tertiary/aromatic N) is 3. The monoisotopic (exact) mass is 440 g/mol. The third kappa shape index (κ3) is 4.17. The first-order chi connectivity index (χ1) is 15.5. The van der Waals surface area contributed by atoms with Gasteiger partial charge in [-0.3, -0.25) is 23.5 Å². The average molecular weight is 440 g/mol. The summed E-state index contributed by atoms with van der Waals surface area (Å²) < 4.78 is 17.6. The molecule has 1 aliphatic rings. The quantitative estimate of drug-likeness (QED) is 0.509. The lowest BCUT2D eigenvalue weighted by atomic mass is 10.2. The molecule has 2 aromatic heterocycles. The lowest BCUT2D eigenvalue weighted by Gasteiger charge is -2.14. The number of aromatic nitrogens is 3. The Kier molecular flexibility index (Phi) is 5.88. The fourth-order valence-electron chi connectivity index (χ4n) is 3.34. The third-order valence-electron chi connectivity index (χ3n) is 4.80. The molecule has 3 heterocycles. The van der Waals surface area contributed by atoms with Gasteiger partial charge in [0.25, 0.3) is 5.56 Å². The SMILES string of the molecule is CCOC(=O)CNC(=O)Cn1c(=O)n(Cc2ccc3c(c2)OCO3)c(=O)c2ncccc21. The highest BCUT2D eigenvalue weighted by molar-refractivity contribution is 5.83. The van der Waals surface area contributed by atoms with Gasteiger partial charge in [0, 0.05) is 6.20 Å². The zero-order valence-corrected chi connectivity index (χ0v) is 17.2. The van der Waals surface area contributed by atoms with Crippen molar-refractivity contribution in [1.29, 1.82) is 0 Å². The van der Waals surface area contributed by atoms with Crippen molar-refractivity contribution >= 4 is 22.9 Å². The number of ether oxygens (including phenoxy) is 3. The molecule has 0 aliphatic carbocycles. The van der Waals surface area contributed by atoms with Crippen LogP contribution in [0.3, 0.4) is 0 Å². The highest BCUT2D eigenvalue weighted by Crippen LogP contribution is 2.32. The van der Waals surface area contributed by atoms with E-state index in [1.807, 2.05) is 0 Å². The van der Waals surface area contributed by atoms with Crippen LogP contribution in [0.15, 0.2) is 46.1 Å². The summed E-state index contributed by atoms with van der Waals surface area (Å²) in [5.41, 5.74) is -0.352. The summed E-state index contributed by atoms with van der Waals surface area (Å²) in [7, 11) is 0. The van der Waals surface area contributed by atoms with Crippen molar-refractivity contribution in [3.05, 3.63) is 62.9 Å². The number of pyridine rings is 1. The van der Waals surface area contributed by atoms with Crippen LogP contribution >= 0.6 is 0 Å². The molecule has 1 N–H and O–H groups in total. The number of fused-ring (bicyclic) bond motifs is 2. The van der Waals surface area contributed by atoms with Gasteiger partial charge in [0.1, 0.15) is 13.1 Å². The number of carbonyl (C=O) groups excluding carboxylic acids is 2. The van der Waals surface area contributed by atoms with E-state index in [0.717, 1.165) is 9.13 Å². The Morgan fingerprint density at radius 3 is 2.78 bits per heavy atom. The van der Waals surface area contributed by atoms with Crippen molar-refractivity contribution in [2.75, 3.05) is 19.9 Å². The van der Waals surface area contributed by atoms with Crippen molar-refractivity contribution in [1.82, 2.24) is 19.4 Å². The van der Waals surface area contributed by atoms with Crippen LogP contribution in [-0.2, 0) is 27.4 Å². The molecule has 1 aliphatic heterocycles. The second-order valence-electron chi connectivity index (χ2n) is 6.90. The number of hydrogen-bond donors (Lipinski definition) is 1. The van der Waals surface area contributed by atoms with E-state index in [2.05, 4.69) is 10.3 Å². The Hall–Kier alpha value is -4.15. The first kappa shape index (κ1) is 21.1. The minimum Gasteiger partial charge on any atom is -0.465 e. The van der Waals surface area contributed by atoms with Gasteiger partial charge < -0.3 is 19.5 Å². The van der Waals surface area contributed by atoms with Crippen LogP contribution in [0.2, 0.25) is 0 Å². The van der Waals surface area contributed by atoms with Gasteiger partial charge in [0.15, 0.2) is 17.0 Å². The molecule has 1 aromatic carbocycles. The van der Waals surface area contributed by atoms with Crippen molar-refractivity contribution in [3.8, 4) is 11.5 Å². The normalized spacial score (nSPS) is 12.0. The largest absolute Gasteiger partial charge is 0.465 e. The molecule has 11 heteroatoms. The number of hydrogen-bond acceptors (Lipinski definition) is 8. The van der Waals surface area contributed by atoms with E-state index in [1.54, 1.807) is 31.2 Å². The van der Waals surface area contributed by atoms with Gasteiger partial charge in [-0.1, -0.05) is 6.07 Å². The summed E-state index contributed by atoms with van der Waals surface area (Å²) in [5.74, 6) is -0.0730. The van der Waals surface area contributed by atoms with Crippen molar-refractivity contribution in [2.24, 2.45) is 0 Å². The summed E-state index contributed by atoms with van der Waals surface area (Å²) in [5, 5.41) is 2.41. The fraction of sp³-hybridized carbons (Fsp3) is 0.286. The molecular weight excluding hydrogens is 420 g/mol. The molecule has 0 spiro atoms. The topological polar surface area (TPSA) is 131 Å². The van der Waals surface area contributed by atoms with E-state index < -0.39 is 29.7 Å². The van der Waals surface area contributed by atoms with Crippen LogP contribution in [0, 0.1) is 0 Å². The Bertz CT molecular complexity index is 1310. The molecule has 32 heavy (non-hydrogen) atoms. The van der Waals surface area contributed by atoms with Crippen LogP contribution < -0.4 is 26.0 Å². The molecule has 0 unspecified atom stereocenters. The first-order valence-corrected chi connectivity index (χ1v) is 9.87. The van der Waals surface area contributed by atoms with Crippen LogP contribution in [0.25, 0.3) is 11.0 Å². The maximum absolute atomic E-state index is 13.2. The molecule has 0 atom stereocenters. The summed E-state index contributed by atoms with van der Waals surface area (Å²) in [6.07, 6.45) is 1.43. The van der Waals surface area contributed by atoms with E-state index in [9.17, 15) is 19.2 Å². The molecule has 0 saturated heterocycles. The zero-order valence-electron chi connectivity index (χ0n) is 17.2. The van der Waals surface area contributed by atoms with Crippen molar-refractivity contribution in [2.45, 2.75) is 20.0 Å². The highest BCUT2D eigenvalue weighted by atomic mass is 16.7. The Morgan fingerprint density at radius 2 is 1.97 bits per heavy atom.